The van der Waals surface area contributed by atoms with E-state index in [9.17, 15) is 9.18 Å². The summed E-state index contributed by atoms with van der Waals surface area (Å²) >= 11 is 5.79. The minimum Gasteiger partial charge on any atom is -0.352 e. The van der Waals surface area contributed by atoms with Crippen molar-refractivity contribution in [2.75, 3.05) is 11.9 Å². The first-order chi connectivity index (χ1) is 18.3. The van der Waals surface area contributed by atoms with Gasteiger partial charge in [-0.25, -0.2) is 4.39 Å². The fraction of sp³-hybridized carbons (Fsp3) is 0.233. The lowest BCUT2D eigenvalue weighted by atomic mass is 9.96. The first-order valence-corrected chi connectivity index (χ1v) is 13.0. The number of nitrogens with zero attached hydrogens (tertiary/aromatic N) is 3. The number of rotatable bonds is 7. The van der Waals surface area contributed by atoms with Crippen LogP contribution in [0.4, 0.5) is 10.1 Å². The van der Waals surface area contributed by atoms with Crippen LogP contribution in [0.3, 0.4) is 0 Å². The summed E-state index contributed by atoms with van der Waals surface area (Å²) < 4.78 is 15.7. The molecule has 38 heavy (non-hydrogen) atoms. The van der Waals surface area contributed by atoms with Crippen molar-refractivity contribution in [3.05, 3.63) is 113 Å². The van der Waals surface area contributed by atoms with Gasteiger partial charge in [-0.05, 0) is 92.6 Å². The van der Waals surface area contributed by atoms with Crippen molar-refractivity contribution in [2.45, 2.75) is 39.3 Å². The molecule has 0 spiro atoms. The lowest BCUT2D eigenvalue weighted by Crippen LogP contribution is -2.33. The molecule has 4 aromatic rings. The molecule has 2 atom stereocenters. The van der Waals surface area contributed by atoms with Gasteiger partial charge < -0.3 is 20.1 Å². The highest BCUT2D eigenvalue weighted by Gasteiger charge is 2.41. The summed E-state index contributed by atoms with van der Waals surface area (Å²) in [4.78, 5) is 19.6. The Bertz CT molecular complexity index is 1470. The van der Waals surface area contributed by atoms with Gasteiger partial charge in [-0.2, -0.15) is 0 Å². The standard InChI is InChI=1S/C30H30FN5OS/c1-19-8-4-5-9-25(19)33-27(37)15-17-35-29(28(34-30(35)38)26-10-6-7-16-32-26)24-18-20(2)36(21(24)3)23-13-11-22(31)12-14-23/h4-14,16,18,28-29H,15,17H2,1-3H3,(H,33,37)(H,34,38). The number of thiocarbonyl (C=S) groups is 1. The van der Waals surface area contributed by atoms with E-state index in [1.165, 1.54) is 12.1 Å². The zero-order valence-electron chi connectivity index (χ0n) is 21.6. The van der Waals surface area contributed by atoms with E-state index >= 15 is 0 Å². The third-order valence-corrected chi connectivity index (χ3v) is 7.42. The average Bonchev–Trinajstić information content (AvgIpc) is 3.39. The van der Waals surface area contributed by atoms with Gasteiger partial charge >= 0.3 is 0 Å². The Kier molecular flexibility index (Phi) is 7.24. The Morgan fingerprint density at radius 3 is 2.50 bits per heavy atom. The SMILES string of the molecule is Cc1ccccc1NC(=O)CCN1C(=S)NC(c2ccccn2)C1c1cc(C)n(-c2ccc(F)cc2)c1C. The highest BCUT2D eigenvalue weighted by atomic mass is 32.1. The zero-order chi connectivity index (χ0) is 26.8. The van der Waals surface area contributed by atoms with Gasteiger partial charge in [-0.15, -0.1) is 0 Å². The lowest BCUT2D eigenvalue weighted by Gasteiger charge is -2.28. The third-order valence-electron chi connectivity index (χ3n) is 7.07. The predicted octanol–water partition coefficient (Wildman–Crippen LogP) is 5.94. The van der Waals surface area contributed by atoms with Crippen molar-refractivity contribution in [2.24, 2.45) is 0 Å². The summed E-state index contributed by atoms with van der Waals surface area (Å²) in [5.74, 6) is -0.342. The molecule has 2 unspecified atom stereocenters. The molecule has 1 amide bonds. The molecule has 0 aliphatic carbocycles. The van der Waals surface area contributed by atoms with E-state index in [4.69, 9.17) is 12.2 Å². The van der Waals surface area contributed by atoms with E-state index in [0.29, 0.717) is 11.7 Å². The Morgan fingerprint density at radius 2 is 1.79 bits per heavy atom. The molecule has 0 radical (unpaired) electrons. The first-order valence-electron chi connectivity index (χ1n) is 12.6. The number of pyridine rings is 1. The minimum atomic E-state index is -0.271. The van der Waals surface area contributed by atoms with Gasteiger partial charge in [-0.1, -0.05) is 24.3 Å². The summed E-state index contributed by atoms with van der Waals surface area (Å²) in [5.41, 5.74) is 6.72. The second-order valence-electron chi connectivity index (χ2n) is 9.57. The maximum Gasteiger partial charge on any atom is 0.226 e. The summed E-state index contributed by atoms with van der Waals surface area (Å²) in [7, 11) is 0. The molecule has 0 bridgehead atoms. The van der Waals surface area contributed by atoms with Crippen LogP contribution in [0.2, 0.25) is 0 Å². The van der Waals surface area contributed by atoms with Gasteiger partial charge in [-0.3, -0.25) is 9.78 Å². The maximum absolute atomic E-state index is 13.6. The van der Waals surface area contributed by atoms with Crippen LogP contribution in [0, 0.1) is 26.6 Å². The van der Waals surface area contributed by atoms with Crippen LogP contribution in [-0.2, 0) is 4.79 Å². The van der Waals surface area contributed by atoms with Crippen LogP contribution in [0.15, 0.2) is 79.0 Å². The van der Waals surface area contributed by atoms with Crippen LogP contribution in [-0.4, -0.2) is 32.0 Å². The monoisotopic (exact) mass is 527 g/mol. The summed E-state index contributed by atoms with van der Waals surface area (Å²) in [5, 5.41) is 7.06. The number of para-hydroxylation sites is 1. The van der Waals surface area contributed by atoms with Crippen LogP contribution < -0.4 is 10.6 Å². The zero-order valence-corrected chi connectivity index (χ0v) is 22.4. The Labute approximate surface area is 227 Å². The van der Waals surface area contributed by atoms with Crippen molar-refractivity contribution in [3.8, 4) is 5.69 Å². The van der Waals surface area contributed by atoms with Crippen LogP contribution in [0.5, 0.6) is 0 Å². The highest BCUT2D eigenvalue weighted by molar-refractivity contribution is 7.80. The van der Waals surface area contributed by atoms with Gasteiger partial charge in [0.2, 0.25) is 5.91 Å². The highest BCUT2D eigenvalue weighted by Crippen LogP contribution is 2.41. The molecular weight excluding hydrogens is 497 g/mol. The topological polar surface area (TPSA) is 62.2 Å². The molecular formula is C30H30FN5OS. The molecule has 3 heterocycles. The molecule has 2 aromatic heterocycles. The first kappa shape index (κ1) is 25.6. The minimum absolute atomic E-state index is 0.0704. The number of halogens is 1. The van der Waals surface area contributed by atoms with Crippen molar-refractivity contribution in [1.29, 1.82) is 0 Å². The van der Waals surface area contributed by atoms with Gasteiger partial charge in [0.05, 0.1) is 17.8 Å². The smallest absolute Gasteiger partial charge is 0.226 e. The van der Waals surface area contributed by atoms with E-state index in [0.717, 1.165) is 39.6 Å². The van der Waals surface area contributed by atoms with Crippen LogP contribution in [0.1, 0.15) is 46.7 Å². The largest absolute Gasteiger partial charge is 0.352 e. The summed E-state index contributed by atoms with van der Waals surface area (Å²) in [6.45, 7) is 6.51. The lowest BCUT2D eigenvalue weighted by molar-refractivity contribution is -0.116. The Balaban J connectivity index is 1.47. The number of hydrogen-bond donors (Lipinski definition) is 2. The second kappa shape index (κ2) is 10.8. The van der Waals surface area contributed by atoms with Crippen molar-refractivity contribution < 1.29 is 9.18 Å². The molecule has 1 saturated heterocycles. The van der Waals surface area contributed by atoms with Gasteiger partial charge in [0.25, 0.3) is 0 Å². The molecule has 5 rings (SSSR count). The van der Waals surface area contributed by atoms with E-state index < -0.39 is 0 Å². The van der Waals surface area contributed by atoms with Crippen molar-refractivity contribution in [3.63, 3.8) is 0 Å². The van der Waals surface area contributed by atoms with Gasteiger partial charge in [0.1, 0.15) is 5.82 Å². The van der Waals surface area contributed by atoms with E-state index in [-0.39, 0.29) is 30.2 Å². The number of hydrogen-bond acceptors (Lipinski definition) is 3. The molecule has 1 aliphatic rings. The van der Waals surface area contributed by atoms with Crippen molar-refractivity contribution in [1.82, 2.24) is 19.8 Å². The van der Waals surface area contributed by atoms with Crippen LogP contribution >= 0.6 is 12.2 Å². The number of carbonyl (C=O) groups is 1. The van der Waals surface area contributed by atoms with Gasteiger partial charge in [0, 0.05) is 41.9 Å². The average molecular weight is 528 g/mol. The molecule has 2 aromatic carbocycles. The third kappa shape index (κ3) is 5.04. The Hall–Kier alpha value is -4.04. The van der Waals surface area contributed by atoms with Crippen molar-refractivity contribution >= 4 is 28.9 Å². The number of benzene rings is 2. The number of aryl methyl sites for hydroxylation is 2. The van der Waals surface area contributed by atoms with E-state index in [2.05, 4.69) is 38.1 Å². The molecule has 2 N–H and O–H groups in total. The molecule has 8 heteroatoms. The van der Waals surface area contributed by atoms with E-state index in [1.54, 1.807) is 18.3 Å². The number of aromatic nitrogens is 2. The molecule has 1 fully saturated rings. The molecule has 0 saturated carbocycles. The molecule has 194 valence electrons. The number of carbonyl (C=O) groups excluding carboxylic acids is 1. The van der Waals surface area contributed by atoms with Crippen LogP contribution in [0.25, 0.3) is 5.69 Å². The normalized spacial score (nSPS) is 16.9. The van der Waals surface area contributed by atoms with E-state index in [1.807, 2.05) is 56.3 Å². The fourth-order valence-electron chi connectivity index (χ4n) is 5.21. The molecule has 6 nitrogen and oxygen atoms in total. The number of amides is 1. The maximum atomic E-state index is 13.6. The quantitative estimate of drug-likeness (QED) is 0.292. The Morgan fingerprint density at radius 1 is 1.05 bits per heavy atom. The van der Waals surface area contributed by atoms with Gasteiger partial charge in [0.15, 0.2) is 5.11 Å². The number of nitrogens with one attached hydrogen (secondary N) is 2. The summed E-state index contributed by atoms with van der Waals surface area (Å²) in [6, 6.07) is 21.8. The summed E-state index contributed by atoms with van der Waals surface area (Å²) in [6.07, 6.45) is 2.05. The second-order valence-corrected chi connectivity index (χ2v) is 9.96. The fourth-order valence-corrected chi connectivity index (χ4v) is 5.54. The molecule has 1 aliphatic heterocycles. The predicted molar refractivity (Wildman–Crippen MR) is 152 cm³/mol. The number of anilines is 1.